The van der Waals surface area contributed by atoms with E-state index in [1.165, 1.54) is 4.31 Å². The second-order valence-electron chi connectivity index (χ2n) is 5.98. The molecule has 23 heavy (non-hydrogen) atoms. The molecule has 1 amide bonds. The number of amides is 1. The third kappa shape index (κ3) is 5.32. The first-order valence-electron chi connectivity index (χ1n) is 8.32. The van der Waals surface area contributed by atoms with E-state index in [1.54, 1.807) is 4.90 Å². The van der Waals surface area contributed by atoms with E-state index in [0.717, 1.165) is 24.8 Å². The lowest BCUT2D eigenvalue weighted by Gasteiger charge is -2.34. The van der Waals surface area contributed by atoms with Crippen molar-refractivity contribution >= 4 is 15.9 Å². The van der Waals surface area contributed by atoms with Crippen molar-refractivity contribution in [3.05, 3.63) is 35.9 Å². The molecule has 0 aliphatic carbocycles. The van der Waals surface area contributed by atoms with Gasteiger partial charge in [0, 0.05) is 32.6 Å². The van der Waals surface area contributed by atoms with Gasteiger partial charge in [0.2, 0.25) is 15.9 Å². The smallest absolute Gasteiger partial charge is 0.222 e. The van der Waals surface area contributed by atoms with Crippen molar-refractivity contribution in [2.24, 2.45) is 0 Å². The van der Waals surface area contributed by atoms with Crippen LogP contribution >= 0.6 is 0 Å². The van der Waals surface area contributed by atoms with E-state index in [0.29, 0.717) is 32.6 Å². The Balaban J connectivity index is 1.84. The van der Waals surface area contributed by atoms with Gasteiger partial charge in [0.1, 0.15) is 0 Å². The molecule has 5 nitrogen and oxygen atoms in total. The standard InChI is InChI=1S/C17H26N2O3S/c1-2-3-5-10-17(20)18-11-13-19(14-12-18)23(21,22)15-16-8-6-4-7-9-16/h4,6-9H,2-3,5,10-15H2,1H3. The molecule has 2 rings (SSSR count). The normalized spacial score (nSPS) is 16.5. The van der Waals surface area contributed by atoms with Gasteiger partial charge in [0.05, 0.1) is 5.75 Å². The maximum Gasteiger partial charge on any atom is 0.222 e. The Morgan fingerprint density at radius 2 is 1.70 bits per heavy atom. The molecule has 1 saturated heterocycles. The van der Waals surface area contributed by atoms with Gasteiger partial charge in [-0.15, -0.1) is 0 Å². The van der Waals surface area contributed by atoms with Crippen molar-refractivity contribution < 1.29 is 13.2 Å². The second-order valence-corrected chi connectivity index (χ2v) is 7.95. The van der Waals surface area contributed by atoms with Gasteiger partial charge in [-0.25, -0.2) is 8.42 Å². The molecular formula is C17H26N2O3S. The maximum absolute atomic E-state index is 12.5. The van der Waals surface area contributed by atoms with Crippen molar-refractivity contribution in [2.75, 3.05) is 26.2 Å². The van der Waals surface area contributed by atoms with Crippen LogP contribution in [0.2, 0.25) is 0 Å². The Morgan fingerprint density at radius 1 is 1.04 bits per heavy atom. The molecule has 0 radical (unpaired) electrons. The molecule has 0 N–H and O–H groups in total. The first-order valence-corrected chi connectivity index (χ1v) is 9.93. The van der Waals surface area contributed by atoms with Crippen LogP contribution in [0.4, 0.5) is 0 Å². The average molecular weight is 338 g/mol. The predicted molar refractivity (Wildman–Crippen MR) is 91.4 cm³/mol. The number of hydrogen-bond acceptors (Lipinski definition) is 3. The van der Waals surface area contributed by atoms with Gasteiger partial charge in [-0.05, 0) is 12.0 Å². The molecule has 0 atom stereocenters. The highest BCUT2D eigenvalue weighted by Crippen LogP contribution is 2.14. The van der Waals surface area contributed by atoms with Crippen molar-refractivity contribution in [1.29, 1.82) is 0 Å². The summed E-state index contributed by atoms with van der Waals surface area (Å²) in [4.78, 5) is 13.9. The summed E-state index contributed by atoms with van der Waals surface area (Å²) < 4.78 is 26.4. The largest absolute Gasteiger partial charge is 0.340 e. The molecule has 6 heteroatoms. The first kappa shape index (κ1) is 17.9. The molecule has 0 aromatic heterocycles. The minimum atomic E-state index is -3.31. The van der Waals surface area contributed by atoms with Gasteiger partial charge >= 0.3 is 0 Å². The zero-order valence-corrected chi connectivity index (χ0v) is 14.6. The maximum atomic E-state index is 12.5. The third-order valence-corrected chi connectivity index (χ3v) is 6.02. The topological polar surface area (TPSA) is 57.7 Å². The average Bonchev–Trinajstić information content (AvgIpc) is 2.55. The molecule has 1 aliphatic heterocycles. The number of carbonyl (C=O) groups is 1. The summed E-state index contributed by atoms with van der Waals surface area (Å²) in [5, 5.41) is 0. The van der Waals surface area contributed by atoms with Gasteiger partial charge in [-0.3, -0.25) is 4.79 Å². The molecule has 0 spiro atoms. The Bertz CT molecular complexity index is 594. The van der Waals surface area contributed by atoms with Gasteiger partial charge in [-0.1, -0.05) is 50.1 Å². The highest BCUT2D eigenvalue weighted by Gasteiger charge is 2.28. The van der Waals surface area contributed by atoms with Crippen LogP contribution in [0.25, 0.3) is 0 Å². The summed E-state index contributed by atoms with van der Waals surface area (Å²) in [6, 6.07) is 9.21. The number of carbonyl (C=O) groups excluding carboxylic acids is 1. The molecule has 0 saturated carbocycles. The molecule has 1 heterocycles. The third-order valence-electron chi connectivity index (χ3n) is 4.17. The van der Waals surface area contributed by atoms with Gasteiger partial charge in [0.25, 0.3) is 0 Å². The van der Waals surface area contributed by atoms with E-state index >= 15 is 0 Å². The minimum absolute atomic E-state index is 0.0261. The number of piperazine rings is 1. The molecule has 1 fully saturated rings. The quantitative estimate of drug-likeness (QED) is 0.717. The number of benzene rings is 1. The highest BCUT2D eigenvalue weighted by molar-refractivity contribution is 7.88. The predicted octanol–water partition coefficient (Wildman–Crippen LogP) is 2.24. The van der Waals surface area contributed by atoms with E-state index in [2.05, 4.69) is 6.92 Å². The molecule has 1 aliphatic rings. The van der Waals surface area contributed by atoms with E-state index in [1.807, 2.05) is 30.3 Å². The summed E-state index contributed by atoms with van der Waals surface area (Å²) in [5.74, 6) is 0.178. The van der Waals surface area contributed by atoms with E-state index < -0.39 is 10.0 Å². The second kappa shape index (κ2) is 8.45. The molecule has 0 unspecified atom stereocenters. The lowest BCUT2D eigenvalue weighted by atomic mass is 10.2. The van der Waals surface area contributed by atoms with Crippen LogP contribution in [0.5, 0.6) is 0 Å². The number of hydrogen-bond donors (Lipinski definition) is 0. The van der Waals surface area contributed by atoms with Crippen LogP contribution < -0.4 is 0 Å². The zero-order chi connectivity index (χ0) is 16.7. The van der Waals surface area contributed by atoms with Crippen molar-refractivity contribution in [3.63, 3.8) is 0 Å². The summed E-state index contributed by atoms with van der Waals surface area (Å²) in [6.45, 7) is 3.90. The SMILES string of the molecule is CCCCCC(=O)N1CCN(S(=O)(=O)Cc2ccccc2)CC1. The Labute approximate surface area is 139 Å². The Hall–Kier alpha value is -1.40. The molecular weight excluding hydrogens is 312 g/mol. The van der Waals surface area contributed by atoms with E-state index in [9.17, 15) is 13.2 Å². The molecule has 128 valence electrons. The lowest BCUT2D eigenvalue weighted by molar-refractivity contribution is -0.132. The zero-order valence-electron chi connectivity index (χ0n) is 13.8. The van der Waals surface area contributed by atoms with Gasteiger partial charge in [0.15, 0.2) is 0 Å². The minimum Gasteiger partial charge on any atom is -0.340 e. The van der Waals surface area contributed by atoms with Crippen molar-refractivity contribution in [3.8, 4) is 0 Å². The van der Waals surface area contributed by atoms with E-state index in [4.69, 9.17) is 0 Å². The fraction of sp³-hybridized carbons (Fsp3) is 0.588. The van der Waals surface area contributed by atoms with Crippen molar-refractivity contribution in [1.82, 2.24) is 9.21 Å². The number of sulfonamides is 1. The first-order chi connectivity index (χ1) is 11.0. The molecule has 0 bridgehead atoms. The molecule has 1 aromatic carbocycles. The van der Waals surface area contributed by atoms with Gasteiger partial charge < -0.3 is 4.90 Å². The van der Waals surface area contributed by atoms with Crippen molar-refractivity contribution in [2.45, 2.75) is 38.4 Å². The Kier molecular flexibility index (Phi) is 6.59. The highest BCUT2D eigenvalue weighted by atomic mass is 32.2. The van der Waals surface area contributed by atoms with Crippen LogP contribution in [-0.2, 0) is 20.6 Å². The summed E-state index contributed by atoms with van der Waals surface area (Å²) in [7, 11) is -3.31. The molecule has 1 aromatic rings. The number of rotatable bonds is 7. The van der Waals surface area contributed by atoms with Gasteiger partial charge in [-0.2, -0.15) is 4.31 Å². The fourth-order valence-electron chi connectivity index (χ4n) is 2.78. The van der Waals surface area contributed by atoms with Crippen LogP contribution in [0.15, 0.2) is 30.3 Å². The van der Waals surface area contributed by atoms with Crippen LogP contribution in [-0.4, -0.2) is 49.7 Å². The van der Waals surface area contributed by atoms with Crippen LogP contribution in [0, 0.1) is 0 Å². The monoisotopic (exact) mass is 338 g/mol. The Morgan fingerprint density at radius 3 is 2.30 bits per heavy atom. The summed E-state index contributed by atoms with van der Waals surface area (Å²) in [5.41, 5.74) is 0.797. The number of nitrogens with zero attached hydrogens (tertiary/aromatic N) is 2. The summed E-state index contributed by atoms with van der Waals surface area (Å²) >= 11 is 0. The summed E-state index contributed by atoms with van der Waals surface area (Å²) in [6.07, 6.45) is 3.66. The fourth-order valence-corrected chi connectivity index (χ4v) is 4.29. The lowest BCUT2D eigenvalue weighted by Crippen LogP contribution is -2.50. The number of unbranched alkanes of at least 4 members (excludes halogenated alkanes) is 2. The van der Waals surface area contributed by atoms with Crippen LogP contribution in [0.1, 0.15) is 38.2 Å². The van der Waals surface area contributed by atoms with Crippen LogP contribution in [0.3, 0.4) is 0 Å². The van der Waals surface area contributed by atoms with E-state index in [-0.39, 0.29) is 11.7 Å².